The molecule has 4 nitrogen and oxygen atoms in total. The number of nitrogens with zero attached hydrogens (tertiary/aromatic N) is 1. The van der Waals surface area contributed by atoms with Crippen molar-refractivity contribution >= 4 is 5.97 Å². The summed E-state index contributed by atoms with van der Waals surface area (Å²) in [4.78, 5) is 10.1. The van der Waals surface area contributed by atoms with Gasteiger partial charge in [0, 0.05) is 6.61 Å². The van der Waals surface area contributed by atoms with Gasteiger partial charge in [0.15, 0.2) is 0 Å². The number of aliphatic carboxylic acids is 1. The molecule has 4 heteroatoms. The van der Waals surface area contributed by atoms with Crippen LogP contribution in [0.2, 0.25) is 0 Å². The standard InChI is InChI=1S/C10H17NO3/c1-10(2,8-11)5-3-4-6-14-7-9(12)13/h3-7H2,1-2H3,(H,12,13). The minimum absolute atomic E-state index is 0.234. The van der Waals surface area contributed by atoms with Crippen LogP contribution in [0, 0.1) is 16.7 Å². The van der Waals surface area contributed by atoms with Crippen LogP contribution in [0.25, 0.3) is 0 Å². The van der Waals surface area contributed by atoms with Crippen molar-refractivity contribution in [1.29, 1.82) is 5.26 Å². The third kappa shape index (κ3) is 7.56. The Kier molecular flexibility index (Phi) is 5.89. The van der Waals surface area contributed by atoms with E-state index >= 15 is 0 Å². The Bertz CT molecular complexity index is 218. The number of hydrogen-bond donors (Lipinski definition) is 1. The first kappa shape index (κ1) is 12.9. The molecule has 0 saturated heterocycles. The Morgan fingerprint density at radius 1 is 1.50 bits per heavy atom. The van der Waals surface area contributed by atoms with E-state index in [0.29, 0.717) is 6.61 Å². The molecule has 0 rings (SSSR count). The second-order valence-corrected chi connectivity index (χ2v) is 3.90. The number of rotatable bonds is 7. The lowest BCUT2D eigenvalue weighted by Gasteiger charge is -2.13. The van der Waals surface area contributed by atoms with Gasteiger partial charge < -0.3 is 9.84 Å². The highest BCUT2D eigenvalue weighted by Crippen LogP contribution is 2.21. The van der Waals surface area contributed by atoms with E-state index in [4.69, 9.17) is 15.1 Å². The fourth-order valence-electron chi connectivity index (χ4n) is 0.986. The molecule has 14 heavy (non-hydrogen) atoms. The predicted octanol–water partition coefficient (Wildman–Crippen LogP) is 1.81. The number of carbonyl (C=O) groups is 1. The minimum Gasteiger partial charge on any atom is -0.480 e. The van der Waals surface area contributed by atoms with E-state index in [0.717, 1.165) is 19.3 Å². The Morgan fingerprint density at radius 2 is 2.14 bits per heavy atom. The highest BCUT2D eigenvalue weighted by atomic mass is 16.5. The number of unbranched alkanes of at least 4 members (excludes halogenated alkanes) is 1. The molecule has 0 spiro atoms. The van der Waals surface area contributed by atoms with E-state index in [1.165, 1.54) is 0 Å². The molecule has 80 valence electrons. The summed E-state index contributed by atoms with van der Waals surface area (Å²) in [5, 5.41) is 17.0. The highest BCUT2D eigenvalue weighted by Gasteiger charge is 2.15. The Hall–Kier alpha value is -1.08. The zero-order chi connectivity index (χ0) is 11.0. The van der Waals surface area contributed by atoms with E-state index in [2.05, 4.69) is 6.07 Å². The van der Waals surface area contributed by atoms with Crippen molar-refractivity contribution in [2.75, 3.05) is 13.2 Å². The third-order valence-electron chi connectivity index (χ3n) is 1.87. The van der Waals surface area contributed by atoms with Crippen LogP contribution in [0.1, 0.15) is 33.1 Å². The fraction of sp³-hybridized carbons (Fsp3) is 0.800. The summed E-state index contributed by atoms with van der Waals surface area (Å²) in [6.07, 6.45) is 2.51. The number of hydrogen-bond acceptors (Lipinski definition) is 3. The maximum absolute atomic E-state index is 10.1. The van der Waals surface area contributed by atoms with Gasteiger partial charge in [-0.05, 0) is 33.1 Å². The molecule has 0 unspecified atom stereocenters. The molecule has 0 heterocycles. The summed E-state index contributed by atoms with van der Waals surface area (Å²) < 4.78 is 4.86. The lowest BCUT2D eigenvalue weighted by atomic mass is 9.89. The largest absolute Gasteiger partial charge is 0.480 e. The van der Waals surface area contributed by atoms with Crippen molar-refractivity contribution in [3.05, 3.63) is 0 Å². The van der Waals surface area contributed by atoms with Crippen LogP contribution >= 0.6 is 0 Å². The van der Waals surface area contributed by atoms with Gasteiger partial charge in [0.25, 0.3) is 0 Å². The van der Waals surface area contributed by atoms with Gasteiger partial charge in [-0.15, -0.1) is 0 Å². The third-order valence-corrected chi connectivity index (χ3v) is 1.87. The first-order valence-corrected chi connectivity index (χ1v) is 4.69. The van der Waals surface area contributed by atoms with Gasteiger partial charge in [-0.1, -0.05) is 0 Å². The molecule has 0 fully saturated rings. The summed E-state index contributed by atoms with van der Waals surface area (Å²) in [7, 11) is 0. The first-order chi connectivity index (χ1) is 6.48. The van der Waals surface area contributed by atoms with E-state index in [1.54, 1.807) is 0 Å². The average Bonchev–Trinajstić information content (AvgIpc) is 2.10. The number of nitriles is 1. The van der Waals surface area contributed by atoms with E-state index in [1.807, 2.05) is 13.8 Å². The molecule has 0 aromatic carbocycles. The number of carboxylic acid groups (broad SMARTS) is 1. The van der Waals surface area contributed by atoms with Crippen LogP contribution in [0.5, 0.6) is 0 Å². The summed E-state index contributed by atoms with van der Waals surface area (Å²) in [6.45, 7) is 4.01. The smallest absolute Gasteiger partial charge is 0.329 e. The summed E-state index contributed by atoms with van der Waals surface area (Å²) in [5.41, 5.74) is -0.285. The summed E-state index contributed by atoms with van der Waals surface area (Å²) in [6, 6.07) is 2.22. The summed E-state index contributed by atoms with van der Waals surface area (Å²) in [5.74, 6) is -0.942. The molecule has 0 amide bonds. The van der Waals surface area contributed by atoms with E-state index in [9.17, 15) is 4.79 Å². The monoisotopic (exact) mass is 199 g/mol. The van der Waals surface area contributed by atoms with Gasteiger partial charge in [-0.3, -0.25) is 0 Å². The first-order valence-electron chi connectivity index (χ1n) is 4.69. The molecule has 0 aliphatic heterocycles. The van der Waals surface area contributed by atoms with Gasteiger partial charge in [-0.2, -0.15) is 5.26 Å². The Balaban J connectivity index is 3.31. The number of carboxylic acids is 1. The molecule has 0 bridgehead atoms. The van der Waals surface area contributed by atoms with Crippen molar-refractivity contribution in [3.8, 4) is 6.07 Å². The zero-order valence-corrected chi connectivity index (χ0v) is 8.75. The topological polar surface area (TPSA) is 70.3 Å². The van der Waals surface area contributed by atoms with Crippen LogP contribution in [-0.2, 0) is 9.53 Å². The SMILES string of the molecule is CC(C)(C#N)CCCCOCC(=O)O. The van der Waals surface area contributed by atoms with Gasteiger partial charge in [-0.25, -0.2) is 4.79 Å². The molecular weight excluding hydrogens is 182 g/mol. The van der Waals surface area contributed by atoms with Crippen molar-refractivity contribution in [1.82, 2.24) is 0 Å². The maximum Gasteiger partial charge on any atom is 0.329 e. The van der Waals surface area contributed by atoms with Crippen molar-refractivity contribution in [2.45, 2.75) is 33.1 Å². The van der Waals surface area contributed by atoms with E-state index < -0.39 is 5.97 Å². The Labute approximate surface area is 84.5 Å². The molecule has 0 aromatic heterocycles. The highest BCUT2D eigenvalue weighted by molar-refractivity contribution is 5.67. The van der Waals surface area contributed by atoms with Gasteiger partial charge >= 0.3 is 5.97 Å². The molecule has 0 aliphatic rings. The van der Waals surface area contributed by atoms with Gasteiger partial charge in [0.1, 0.15) is 6.61 Å². The zero-order valence-electron chi connectivity index (χ0n) is 8.75. The van der Waals surface area contributed by atoms with Crippen molar-refractivity contribution in [3.63, 3.8) is 0 Å². The molecule has 0 saturated carbocycles. The van der Waals surface area contributed by atoms with Crippen LogP contribution in [0.15, 0.2) is 0 Å². The van der Waals surface area contributed by atoms with Gasteiger partial charge in [0.05, 0.1) is 11.5 Å². The summed E-state index contributed by atoms with van der Waals surface area (Å²) >= 11 is 0. The van der Waals surface area contributed by atoms with E-state index in [-0.39, 0.29) is 12.0 Å². The normalized spacial score (nSPS) is 10.9. The quantitative estimate of drug-likeness (QED) is 0.635. The van der Waals surface area contributed by atoms with Crippen LogP contribution in [0.4, 0.5) is 0 Å². The molecule has 0 radical (unpaired) electrons. The second kappa shape index (κ2) is 6.39. The molecular formula is C10H17NO3. The Morgan fingerprint density at radius 3 is 2.64 bits per heavy atom. The molecule has 1 N–H and O–H groups in total. The average molecular weight is 199 g/mol. The van der Waals surface area contributed by atoms with Crippen LogP contribution in [0.3, 0.4) is 0 Å². The lowest BCUT2D eigenvalue weighted by molar-refractivity contribution is -0.142. The van der Waals surface area contributed by atoms with Crippen molar-refractivity contribution in [2.24, 2.45) is 5.41 Å². The maximum atomic E-state index is 10.1. The molecule has 0 aliphatic carbocycles. The van der Waals surface area contributed by atoms with Crippen LogP contribution in [-0.4, -0.2) is 24.3 Å². The molecule has 0 aromatic rings. The predicted molar refractivity (Wildman–Crippen MR) is 51.7 cm³/mol. The lowest BCUT2D eigenvalue weighted by Crippen LogP contribution is -2.10. The molecule has 0 atom stereocenters. The van der Waals surface area contributed by atoms with Gasteiger partial charge in [0.2, 0.25) is 0 Å². The second-order valence-electron chi connectivity index (χ2n) is 3.90. The fourth-order valence-corrected chi connectivity index (χ4v) is 0.986. The number of ether oxygens (including phenoxy) is 1. The van der Waals surface area contributed by atoms with Crippen LogP contribution < -0.4 is 0 Å². The van der Waals surface area contributed by atoms with Crippen molar-refractivity contribution < 1.29 is 14.6 Å². The minimum atomic E-state index is -0.942.